The van der Waals surface area contributed by atoms with Gasteiger partial charge < -0.3 is 20.1 Å². The molecule has 1 atom stereocenters. The molecule has 33 heavy (non-hydrogen) atoms. The summed E-state index contributed by atoms with van der Waals surface area (Å²) in [5, 5.41) is 11.9. The zero-order chi connectivity index (χ0) is 23.4. The van der Waals surface area contributed by atoms with Gasteiger partial charge in [0.25, 0.3) is 0 Å². The van der Waals surface area contributed by atoms with Crippen molar-refractivity contribution in [2.75, 3.05) is 19.7 Å². The van der Waals surface area contributed by atoms with Crippen LogP contribution in [0.4, 0.5) is 4.79 Å². The van der Waals surface area contributed by atoms with Crippen molar-refractivity contribution in [3.63, 3.8) is 0 Å². The fourth-order valence-corrected chi connectivity index (χ4v) is 4.83. The molecule has 174 valence electrons. The summed E-state index contributed by atoms with van der Waals surface area (Å²) < 4.78 is 5.65. The molecule has 0 heterocycles. The lowest BCUT2D eigenvalue weighted by Crippen LogP contribution is -2.47. The highest BCUT2D eigenvalue weighted by molar-refractivity contribution is 5.82. The average molecular weight is 451 g/mol. The Morgan fingerprint density at radius 2 is 1.67 bits per heavy atom. The van der Waals surface area contributed by atoms with Gasteiger partial charge in [-0.1, -0.05) is 55.0 Å². The molecule has 1 unspecified atom stereocenters. The van der Waals surface area contributed by atoms with E-state index in [0.29, 0.717) is 6.54 Å². The predicted octanol–water partition coefficient (Wildman–Crippen LogP) is 4.02. The number of carboxylic acids is 1. The minimum absolute atomic E-state index is 0.0296. The summed E-state index contributed by atoms with van der Waals surface area (Å²) in [6.07, 6.45) is 2.48. The van der Waals surface area contributed by atoms with Crippen molar-refractivity contribution in [3.05, 3.63) is 59.7 Å². The van der Waals surface area contributed by atoms with E-state index >= 15 is 0 Å². The number of carbonyl (C=O) groups is 3. The molecule has 0 radical (unpaired) electrons. The molecule has 2 N–H and O–H groups in total. The Bertz CT molecular complexity index is 987. The third-order valence-corrected chi connectivity index (χ3v) is 6.82. The van der Waals surface area contributed by atoms with Gasteiger partial charge in [0.2, 0.25) is 5.91 Å². The molecule has 0 bridgehead atoms. The number of rotatable bonds is 9. The number of hydrogen-bond acceptors (Lipinski definition) is 4. The molecular weight excluding hydrogens is 420 g/mol. The minimum atomic E-state index is -1.05. The van der Waals surface area contributed by atoms with Gasteiger partial charge in [-0.15, -0.1) is 0 Å². The molecule has 2 aliphatic rings. The maximum absolute atomic E-state index is 12.7. The molecule has 2 amide bonds. The summed E-state index contributed by atoms with van der Waals surface area (Å²) in [5.74, 6) is -1.14. The van der Waals surface area contributed by atoms with Crippen LogP contribution in [0.2, 0.25) is 0 Å². The maximum atomic E-state index is 12.7. The molecule has 0 aliphatic heterocycles. The zero-order valence-electron chi connectivity index (χ0n) is 18.8. The molecule has 4 rings (SSSR count). The third kappa shape index (κ3) is 5.02. The number of carboxylic acid groups (broad SMARTS) is 1. The molecule has 7 nitrogen and oxygen atoms in total. The molecular formula is C26H30N2O5. The number of ether oxygens (including phenoxy) is 1. The lowest BCUT2D eigenvalue weighted by Gasteiger charge is -2.34. The smallest absolute Gasteiger partial charge is 0.407 e. The number of fused-ring (bicyclic) bond motifs is 3. The molecule has 2 aromatic carbocycles. The second-order valence-electron chi connectivity index (χ2n) is 8.77. The molecule has 2 aromatic rings. The first-order valence-corrected chi connectivity index (χ1v) is 11.6. The van der Waals surface area contributed by atoms with E-state index in [1.165, 1.54) is 4.90 Å². The number of aliphatic carboxylic acids is 1. The van der Waals surface area contributed by atoms with Gasteiger partial charge in [-0.25, -0.2) is 4.79 Å². The Kier molecular flexibility index (Phi) is 6.96. The van der Waals surface area contributed by atoms with Gasteiger partial charge in [-0.2, -0.15) is 0 Å². The number of likely N-dealkylation sites (N-methyl/N-ethyl adjacent to an activating group) is 1. The Balaban J connectivity index is 1.39. The van der Waals surface area contributed by atoms with E-state index < -0.39 is 12.1 Å². The van der Waals surface area contributed by atoms with Gasteiger partial charge in [-0.3, -0.25) is 9.59 Å². The second-order valence-corrected chi connectivity index (χ2v) is 8.77. The SMILES string of the molecule is CCN(CC(=O)O)C(=O)CC(NC(=O)OCC1c2ccccc2-c2ccccc21)C1CCC1. The quantitative estimate of drug-likeness (QED) is 0.602. The van der Waals surface area contributed by atoms with Crippen molar-refractivity contribution >= 4 is 18.0 Å². The fraction of sp³-hybridized carbons (Fsp3) is 0.423. The highest BCUT2D eigenvalue weighted by Gasteiger charge is 2.33. The fourth-order valence-electron chi connectivity index (χ4n) is 4.83. The zero-order valence-corrected chi connectivity index (χ0v) is 18.8. The summed E-state index contributed by atoms with van der Waals surface area (Å²) in [6.45, 7) is 1.94. The van der Waals surface area contributed by atoms with E-state index in [0.717, 1.165) is 41.5 Å². The molecule has 0 aromatic heterocycles. The van der Waals surface area contributed by atoms with Gasteiger partial charge >= 0.3 is 12.1 Å². The van der Waals surface area contributed by atoms with E-state index in [1.807, 2.05) is 24.3 Å². The summed E-state index contributed by atoms with van der Waals surface area (Å²) >= 11 is 0. The van der Waals surface area contributed by atoms with Crippen LogP contribution >= 0.6 is 0 Å². The lowest BCUT2D eigenvalue weighted by molar-refractivity contribution is -0.144. The number of carbonyl (C=O) groups excluding carboxylic acids is 2. The van der Waals surface area contributed by atoms with Crippen LogP contribution in [0.25, 0.3) is 11.1 Å². The number of benzene rings is 2. The van der Waals surface area contributed by atoms with Crippen molar-refractivity contribution in [2.45, 2.75) is 44.6 Å². The van der Waals surface area contributed by atoms with E-state index in [4.69, 9.17) is 9.84 Å². The maximum Gasteiger partial charge on any atom is 0.407 e. The molecule has 1 saturated carbocycles. The highest BCUT2D eigenvalue weighted by Crippen LogP contribution is 2.44. The highest BCUT2D eigenvalue weighted by atomic mass is 16.5. The summed E-state index contributed by atoms with van der Waals surface area (Å²) in [6, 6.07) is 16.0. The summed E-state index contributed by atoms with van der Waals surface area (Å²) in [4.78, 5) is 37.7. The Morgan fingerprint density at radius 3 is 2.18 bits per heavy atom. The van der Waals surface area contributed by atoms with Gasteiger partial charge in [0.15, 0.2) is 0 Å². The summed E-state index contributed by atoms with van der Waals surface area (Å²) in [7, 11) is 0. The van der Waals surface area contributed by atoms with Crippen LogP contribution in [0, 0.1) is 5.92 Å². The van der Waals surface area contributed by atoms with Gasteiger partial charge in [0.1, 0.15) is 13.2 Å². The first-order valence-electron chi connectivity index (χ1n) is 11.6. The number of nitrogens with zero attached hydrogens (tertiary/aromatic N) is 1. The van der Waals surface area contributed by atoms with Crippen LogP contribution in [0.15, 0.2) is 48.5 Å². The lowest BCUT2D eigenvalue weighted by atomic mass is 9.78. The van der Waals surface area contributed by atoms with Crippen molar-refractivity contribution < 1.29 is 24.2 Å². The van der Waals surface area contributed by atoms with E-state index in [2.05, 4.69) is 29.6 Å². The van der Waals surface area contributed by atoms with E-state index in [1.54, 1.807) is 6.92 Å². The molecule has 2 aliphatic carbocycles. The minimum Gasteiger partial charge on any atom is -0.480 e. The molecule has 0 saturated heterocycles. The van der Waals surface area contributed by atoms with Crippen LogP contribution < -0.4 is 5.32 Å². The van der Waals surface area contributed by atoms with Crippen LogP contribution in [0.1, 0.15) is 49.7 Å². The van der Waals surface area contributed by atoms with Crippen LogP contribution in [-0.4, -0.2) is 53.7 Å². The average Bonchev–Trinajstić information content (AvgIpc) is 3.08. The monoisotopic (exact) mass is 450 g/mol. The van der Waals surface area contributed by atoms with Crippen LogP contribution in [0.5, 0.6) is 0 Å². The Morgan fingerprint density at radius 1 is 1.06 bits per heavy atom. The summed E-state index contributed by atoms with van der Waals surface area (Å²) in [5.41, 5.74) is 4.62. The number of nitrogens with one attached hydrogen (secondary N) is 1. The van der Waals surface area contributed by atoms with Crippen molar-refractivity contribution in [3.8, 4) is 11.1 Å². The number of hydrogen-bond donors (Lipinski definition) is 2. The normalized spacial score (nSPS) is 15.7. The number of alkyl carbamates (subject to hydrolysis) is 1. The molecule has 7 heteroatoms. The van der Waals surface area contributed by atoms with Crippen molar-refractivity contribution in [2.24, 2.45) is 5.92 Å². The van der Waals surface area contributed by atoms with Crippen LogP contribution in [-0.2, 0) is 14.3 Å². The molecule has 0 spiro atoms. The van der Waals surface area contributed by atoms with Crippen molar-refractivity contribution in [1.29, 1.82) is 0 Å². The van der Waals surface area contributed by atoms with Crippen molar-refractivity contribution in [1.82, 2.24) is 10.2 Å². The standard InChI is InChI=1S/C26H30N2O5/c1-2-28(15-25(30)31)24(29)14-23(17-8-7-9-17)27-26(32)33-16-22-20-12-5-3-10-18(20)19-11-4-6-13-21(19)22/h3-6,10-13,17,22-23H,2,7-9,14-16H2,1H3,(H,27,32)(H,30,31). The van der Waals surface area contributed by atoms with E-state index in [-0.39, 0.29) is 43.4 Å². The van der Waals surface area contributed by atoms with Gasteiger partial charge in [0, 0.05) is 24.9 Å². The van der Waals surface area contributed by atoms with Crippen LogP contribution in [0.3, 0.4) is 0 Å². The topological polar surface area (TPSA) is 95.9 Å². The van der Waals surface area contributed by atoms with Gasteiger partial charge in [-0.05, 0) is 47.9 Å². The Labute approximate surface area is 193 Å². The number of amides is 2. The van der Waals surface area contributed by atoms with Gasteiger partial charge in [0.05, 0.1) is 0 Å². The van der Waals surface area contributed by atoms with E-state index in [9.17, 15) is 14.4 Å². The second kappa shape index (κ2) is 10.1. The Hall–Kier alpha value is -3.35. The molecule has 1 fully saturated rings. The first-order chi connectivity index (χ1) is 16.0. The largest absolute Gasteiger partial charge is 0.480 e. The third-order valence-electron chi connectivity index (χ3n) is 6.82. The predicted molar refractivity (Wildman–Crippen MR) is 124 cm³/mol. The first kappa shape index (κ1) is 22.8.